The van der Waals surface area contributed by atoms with Gasteiger partial charge in [0.15, 0.2) is 0 Å². The van der Waals surface area contributed by atoms with Crippen molar-refractivity contribution in [1.29, 1.82) is 0 Å². The van der Waals surface area contributed by atoms with E-state index >= 15 is 0 Å². The van der Waals surface area contributed by atoms with Crippen LogP contribution in [0.5, 0.6) is 0 Å². The number of aliphatic carboxylic acids is 1. The molecule has 1 aromatic heterocycles. The predicted molar refractivity (Wildman–Crippen MR) is 58.0 cm³/mol. The quantitative estimate of drug-likeness (QED) is 0.594. The van der Waals surface area contributed by atoms with Gasteiger partial charge in [-0.15, -0.1) is 5.10 Å². The third kappa shape index (κ3) is 1.93. The second-order valence-electron chi connectivity index (χ2n) is 4.07. The molecule has 0 aromatic carbocycles. The van der Waals surface area contributed by atoms with Crippen LogP contribution in [0.4, 0.5) is 5.82 Å². The van der Waals surface area contributed by atoms with E-state index in [-0.39, 0.29) is 11.7 Å². The lowest BCUT2D eigenvalue weighted by molar-refractivity contribution is -0.139. The summed E-state index contributed by atoms with van der Waals surface area (Å²) in [5.74, 6) is -1.12. The molecule has 2 unspecified atom stereocenters. The predicted octanol–water partition coefficient (Wildman–Crippen LogP) is -1.24. The minimum atomic E-state index is -0.998. The fraction of sp³-hybridized carbons (Fsp3) is 0.556. The molecule has 0 amide bonds. The maximum atomic E-state index is 11.5. The van der Waals surface area contributed by atoms with E-state index in [0.29, 0.717) is 13.0 Å². The van der Waals surface area contributed by atoms with Crippen molar-refractivity contribution in [3.05, 3.63) is 20.8 Å². The molecule has 0 aliphatic carbocycles. The average Bonchev–Trinajstić information content (AvgIpc) is 2.60. The SMILES string of the molecule is CC1CCN(c2n[nH]c(=O)[nH]c2=O)C1C(=O)O. The van der Waals surface area contributed by atoms with Crippen LogP contribution in [0.2, 0.25) is 0 Å². The van der Waals surface area contributed by atoms with Gasteiger partial charge in [0.05, 0.1) is 0 Å². The first-order valence-corrected chi connectivity index (χ1v) is 5.19. The number of nitrogens with one attached hydrogen (secondary N) is 2. The van der Waals surface area contributed by atoms with Crippen LogP contribution in [0, 0.1) is 5.92 Å². The number of carboxylic acid groups (broad SMARTS) is 1. The highest BCUT2D eigenvalue weighted by molar-refractivity contribution is 5.78. The van der Waals surface area contributed by atoms with Crippen molar-refractivity contribution >= 4 is 11.8 Å². The molecule has 1 saturated heterocycles. The van der Waals surface area contributed by atoms with Crippen molar-refractivity contribution in [2.45, 2.75) is 19.4 Å². The summed E-state index contributed by atoms with van der Waals surface area (Å²) in [6.45, 7) is 2.24. The van der Waals surface area contributed by atoms with Gasteiger partial charge in [0, 0.05) is 6.54 Å². The lowest BCUT2D eigenvalue weighted by Gasteiger charge is -2.22. The van der Waals surface area contributed by atoms with Crippen molar-refractivity contribution in [2.24, 2.45) is 5.92 Å². The number of rotatable bonds is 2. The van der Waals surface area contributed by atoms with Crippen LogP contribution in [-0.4, -0.2) is 38.8 Å². The zero-order chi connectivity index (χ0) is 12.6. The molecular formula is C9H12N4O4. The molecule has 8 heteroatoms. The molecule has 3 N–H and O–H groups in total. The number of carboxylic acids is 1. The Kier molecular flexibility index (Phi) is 2.70. The van der Waals surface area contributed by atoms with Crippen LogP contribution in [0.25, 0.3) is 0 Å². The van der Waals surface area contributed by atoms with Gasteiger partial charge >= 0.3 is 11.7 Å². The molecule has 1 fully saturated rings. The van der Waals surface area contributed by atoms with E-state index in [4.69, 9.17) is 5.11 Å². The molecule has 2 atom stereocenters. The highest BCUT2D eigenvalue weighted by atomic mass is 16.4. The van der Waals surface area contributed by atoms with E-state index in [1.165, 1.54) is 4.90 Å². The second kappa shape index (κ2) is 4.04. The Labute approximate surface area is 95.3 Å². The monoisotopic (exact) mass is 240 g/mol. The number of nitrogens with zero attached hydrogens (tertiary/aromatic N) is 2. The van der Waals surface area contributed by atoms with Gasteiger partial charge in [-0.3, -0.25) is 9.78 Å². The Bertz CT molecular complexity index is 548. The number of hydrogen-bond acceptors (Lipinski definition) is 5. The molecule has 92 valence electrons. The summed E-state index contributed by atoms with van der Waals surface area (Å²) in [6, 6.07) is -0.783. The van der Waals surface area contributed by atoms with Crippen LogP contribution >= 0.6 is 0 Å². The number of hydrogen-bond donors (Lipinski definition) is 3. The highest BCUT2D eigenvalue weighted by Gasteiger charge is 2.38. The summed E-state index contributed by atoms with van der Waals surface area (Å²) in [7, 11) is 0. The molecule has 17 heavy (non-hydrogen) atoms. The molecule has 2 heterocycles. The van der Waals surface area contributed by atoms with Gasteiger partial charge < -0.3 is 10.0 Å². The standard InChI is InChI=1S/C9H12N4O4/c1-4-2-3-13(5(4)8(15)16)6-7(14)10-9(17)12-11-6/h4-5H,2-3H2,1H3,(H,15,16)(H2,10,12,14,17). The maximum Gasteiger partial charge on any atom is 0.342 e. The highest BCUT2D eigenvalue weighted by Crippen LogP contribution is 2.26. The summed E-state index contributed by atoms with van der Waals surface area (Å²) in [6.07, 6.45) is 0.664. The third-order valence-electron chi connectivity index (χ3n) is 2.92. The first kappa shape index (κ1) is 11.4. The number of aromatic nitrogens is 3. The van der Waals surface area contributed by atoms with Gasteiger partial charge in [-0.05, 0) is 12.3 Å². The van der Waals surface area contributed by atoms with Crippen LogP contribution in [0.3, 0.4) is 0 Å². The van der Waals surface area contributed by atoms with Gasteiger partial charge in [-0.25, -0.2) is 14.7 Å². The van der Waals surface area contributed by atoms with Crippen molar-refractivity contribution in [3.8, 4) is 0 Å². The van der Waals surface area contributed by atoms with E-state index in [1.54, 1.807) is 6.92 Å². The molecule has 0 bridgehead atoms. The number of anilines is 1. The largest absolute Gasteiger partial charge is 0.480 e. The molecule has 1 aromatic rings. The number of H-pyrrole nitrogens is 2. The molecular weight excluding hydrogens is 228 g/mol. The molecule has 8 nitrogen and oxygen atoms in total. The zero-order valence-corrected chi connectivity index (χ0v) is 9.14. The minimum absolute atomic E-state index is 0.0543. The van der Waals surface area contributed by atoms with Crippen LogP contribution in [-0.2, 0) is 4.79 Å². The Balaban J connectivity index is 2.43. The summed E-state index contributed by atoms with van der Waals surface area (Å²) in [5.41, 5.74) is -1.38. The topological polar surface area (TPSA) is 119 Å². The van der Waals surface area contributed by atoms with Crippen LogP contribution in [0.15, 0.2) is 9.59 Å². The van der Waals surface area contributed by atoms with E-state index in [9.17, 15) is 14.4 Å². The van der Waals surface area contributed by atoms with Gasteiger partial charge in [0.2, 0.25) is 5.82 Å². The first-order valence-electron chi connectivity index (χ1n) is 5.19. The van der Waals surface area contributed by atoms with Crippen LogP contribution in [0.1, 0.15) is 13.3 Å². The van der Waals surface area contributed by atoms with E-state index < -0.39 is 23.3 Å². The van der Waals surface area contributed by atoms with E-state index in [1.807, 2.05) is 4.98 Å². The fourth-order valence-electron chi connectivity index (χ4n) is 2.10. The molecule has 2 rings (SSSR count). The van der Waals surface area contributed by atoms with Crippen molar-refractivity contribution in [3.63, 3.8) is 0 Å². The number of aromatic amines is 2. The Morgan fingerprint density at radius 3 is 2.82 bits per heavy atom. The summed E-state index contributed by atoms with van der Waals surface area (Å²) in [5, 5.41) is 14.8. The second-order valence-corrected chi connectivity index (χ2v) is 4.07. The number of carbonyl (C=O) groups is 1. The summed E-state index contributed by atoms with van der Waals surface area (Å²) in [4.78, 5) is 36.9. The summed E-state index contributed by atoms with van der Waals surface area (Å²) >= 11 is 0. The van der Waals surface area contributed by atoms with Crippen molar-refractivity contribution < 1.29 is 9.90 Å². The third-order valence-corrected chi connectivity index (χ3v) is 2.92. The van der Waals surface area contributed by atoms with Crippen molar-refractivity contribution in [2.75, 3.05) is 11.4 Å². The van der Waals surface area contributed by atoms with Gasteiger partial charge in [-0.1, -0.05) is 6.92 Å². The first-order chi connectivity index (χ1) is 8.00. The molecule has 0 radical (unpaired) electrons. The Morgan fingerprint density at radius 1 is 1.53 bits per heavy atom. The smallest absolute Gasteiger partial charge is 0.342 e. The Morgan fingerprint density at radius 2 is 2.24 bits per heavy atom. The van der Waals surface area contributed by atoms with E-state index in [2.05, 4.69) is 10.2 Å². The molecule has 1 aliphatic heterocycles. The normalized spacial score (nSPS) is 23.9. The van der Waals surface area contributed by atoms with Gasteiger partial charge in [0.25, 0.3) is 5.56 Å². The lowest BCUT2D eigenvalue weighted by atomic mass is 10.0. The summed E-state index contributed by atoms with van der Waals surface area (Å²) < 4.78 is 0. The van der Waals surface area contributed by atoms with Crippen LogP contribution < -0.4 is 16.1 Å². The van der Waals surface area contributed by atoms with E-state index in [0.717, 1.165) is 0 Å². The maximum absolute atomic E-state index is 11.5. The lowest BCUT2D eigenvalue weighted by Crippen LogP contribution is -2.43. The van der Waals surface area contributed by atoms with Gasteiger partial charge in [0.1, 0.15) is 6.04 Å². The molecule has 0 saturated carbocycles. The van der Waals surface area contributed by atoms with Crippen molar-refractivity contribution in [1.82, 2.24) is 15.2 Å². The molecule has 1 aliphatic rings. The minimum Gasteiger partial charge on any atom is -0.480 e. The Hall–Kier alpha value is -2.12. The zero-order valence-electron chi connectivity index (χ0n) is 9.14. The van der Waals surface area contributed by atoms with Gasteiger partial charge in [-0.2, -0.15) is 0 Å². The molecule has 0 spiro atoms. The fourth-order valence-corrected chi connectivity index (χ4v) is 2.10. The average molecular weight is 240 g/mol.